The van der Waals surface area contributed by atoms with Crippen LogP contribution in [0, 0.1) is 5.92 Å². The van der Waals surface area contributed by atoms with Crippen molar-refractivity contribution >= 4 is 28.2 Å². The van der Waals surface area contributed by atoms with Gasteiger partial charge in [-0.1, -0.05) is 13.3 Å². The molecule has 1 unspecified atom stereocenters. The third kappa shape index (κ3) is 3.99. The average molecular weight is 404 g/mol. The number of hydrogen-bond donors (Lipinski definition) is 1. The normalized spacial score (nSPS) is 15.5. The summed E-state index contributed by atoms with van der Waals surface area (Å²) in [5, 5.41) is 3.44. The lowest BCUT2D eigenvalue weighted by atomic mass is 9.85. The second-order valence-corrected chi connectivity index (χ2v) is 7.88. The van der Waals surface area contributed by atoms with E-state index in [1.165, 1.54) is 32.7 Å². The van der Waals surface area contributed by atoms with Gasteiger partial charge in [0.1, 0.15) is 16.5 Å². The molecule has 1 aliphatic rings. The van der Waals surface area contributed by atoms with Crippen LogP contribution >= 0.6 is 11.3 Å². The number of carbonyl (C=O) groups is 2. The Morgan fingerprint density at radius 3 is 2.39 bits per heavy atom. The predicted octanol–water partition coefficient (Wildman–Crippen LogP) is 4.32. The molecular weight excluding hydrogens is 378 g/mol. The maximum absolute atomic E-state index is 12.9. The molecule has 1 aromatic heterocycles. The summed E-state index contributed by atoms with van der Waals surface area (Å²) in [6.45, 7) is 2.18. The van der Waals surface area contributed by atoms with Gasteiger partial charge in [0.25, 0.3) is 5.91 Å². The number of amides is 1. The van der Waals surface area contributed by atoms with Gasteiger partial charge in [-0.15, -0.1) is 11.3 Å². The molecule has 28 heavy (non-hydrogen) atoms. The number of ether oxygens (including phenoxy) is 3. The van der Waals surface area contributed by atoms with Crippen LogP contribution in [0.25, 0.3) is 0 Å². The monoisotopic (exact) mass is 403 g/mol. The summed E-state index contributed by atoms with van der Waals surface area (Å²) in [6.07, 6.45) is 3.92. The van der Waals surface area contributed by atoms with Gasteiger partial charge in [-0.05, 0) is 42.9 Å². The first kappa shape index (κ1) is 20.2. The van der Waals surface area contributed by atoms with E-state index in [4.69, 9.17) is 14.2 Å². The van der Waals surface area contributed by atoms with Crippen LogP contribution in [0.5, 0.6) is 11.5 Å². The van der Waals surface area contributed by atoms with Gasteiger partial charge in [-0.2, -0.15) is 0 Å². The molecule has 1 atom stereocenters. The molecule has 2 aromatic rings. The van der Waals surface area contributed by atoms with Crippen LogP contribution in [-0.4, -0.2) is 33.2 Å². The van der Waals surface area contributed by atoms with Gasteiger partial charge in [-0.3, -0.25) is 4.79 Å². The summed E-state index contributed by atoms with van der Waals surface area (Å²) >= 11 is 1.47. The Balaban J connectivity index is 1.95. The number of esters is 1. The van der Waals surface area contributed by atoms with Crippen molar-refractivity contribution in [3.05, 3.63) is 39.8 Å². The maximum atomic E-state index is 12.9. The van der Waals surface area contributed by atoms with Gasteiger partial charge < -0.3 is 19.5 Å². The molecule has 0 aliphatic heterocycles. The highest BCUT2D eigenvalue weighted by molar-refractivity contribution is 7.17. The number of carbonyl (C=O) groups excluding carboxylic acids is 2. The Morgan fingerprint density at radius 1 is 1.14 bits per heavy atom. The van der Waals surface area contributed by atoms with Crippen molar-refractivity contribution < 1.29 is 23.8 Å². The Bertz CT molecular complexity index is 867. The Labute approximate surface area is 168 Å². The molecule has 0 bridgehead atoms. The zero-order valence-corrected chi connectivity index (χ0v) is 17.4. The second-order valence-electron chi connectivity index (χ2n) is 6.77. The topological polar surface area (TPSA) is 73.9 Å². The van der Waals surface area contributed by atoms with E-state index in [1.54, 1.807) is 18.2 Å². The fourth-order valence-electron chi connectivity index (χ4n) is 3.52. The lowest BCUT2D eigenvalue weighted by Gasteiger charge is -2.20. The van der Waals surface area contributed by atoms with E-state index < -0.39 is 5.97 Å². The lowest BCUT2D eigenvalue weighted by Crippen LogP contribution is -2.16. The first-order valence-electron chi connectivity index (χ1n) is 9.27. The van der Waals surface area contributed by atoms with Crippen molar-refractivity contribution in [3.63, 3.8) is 0 Å². The van der Waals surface area contributed by atoms with Crippen LogP contribution < -0.4 is 14.8 Å². The van der Waals surface area contributed by atoms with E-state index >= 15 is 0 Å². The van der Waals surface area contributed by atoms with Gasteiger partial charge in [0.05, 0.1) is 26.9 Å². The number of hydrogen-bond acceptors (Lipinski definition) is 6. The van der Waals surface area contributed by atoms with Crippen molar-refractivity contribution in [1.82, 2.24) is 0 Å². The third-order valence-electron chi connectivity index (χ3n) is 5.17. The van der Waals surface area contributed by atoms with E-state index in [1.807, 2.05) is 0 Å². The fourth-order valence-corrected chi connectivity index (χ4v) is 4.87. The van der Waals surface area contributed by atoms with Crippen molar-refractivity contribution in [2.75, 3.05) is 26.6 Å². The summed E-state index contributed by atoms with van der Waals surface area (Å²) < 4.78 is 15.5. The highest BCUT2D eigenvalue weighted by Gasteiger charge is 2.29. The van der Waals surface area contributed by atoms with Crippen LogP contribution in [0.2, 0.25) is 0 Å². The molecule has 6 nitrogen and oxygen atoms in total. The van der Waals surface area contributed by atoms with Crippen LogP contribution in [0.15, 0.2) is 18.2 Å². The van der Waals surface area contributed by atoms with E-state index in [0.717, 1.165) is 36.1 Å². The number of rotatable bonds is 6. The predicted molar refractivity (Wildman–Crippen MR) is 109 cm³/mol. The molecule has 1 heterocycles. The maximum Gasteiger partial charge on any atom is 0.341 e. The molecule has 150 valence electrons. The molecule has 1 amide bonds. The number of fused-ring (bicyclic) bond motifs is 1. The zero-order valence-electron chi connectivity index (χ0n) is 16.6. The van der Waals surface area contributed by atoms with Crippen molar-refractivity contribution in [2.24, 2.45) is 5.92 Å². The molecule has 0 spiro atoms. The minimum absolute atomic E-state index is 0.326. The van der Waals surface area contributed by atoms with Crippen molar-refractivity contribution in [1.29, 1.82) is 0 Å². The zero-order chi connectivity index (χ0) is 20.3. The summed E-state index contributed by atoms with van der Waals surface area (Å²) in [5.41, 5.74) is 1.89. The summed E-state index contributed by atoms with van der Waals surface area (Å²) in [6, 6.07) is 4.97. The molecular formula is C21H25NO5S. The van der Waals surface area contributed by atoms with Crippen molar-refractivity contribution in [2.45, 2.75) is 32.6 Å². The molecule has 1 N–H and O–H groups in total. The Morgan fingerprint density at radius 2 is 1.82 bits per heavy atom. The quantitative estimate of drug-likeness (QED) is 0.727. The van der Waals surface area contributed by atoms with E-state index in [2.05, 4.69) is 12.2 Å². The van der Waals surface area contributed by atoms with Crippen LogP contribution in [0.4, 0.5) is 5.00 Å². The van der Waals surface area contributed by atoms with Gasteiger partial charge in [-0.25, -0.2) is 4.79 Å². The highest BCUT2D eigenvalue weighted by Crippen LogP contribution is 2.41. The Hall–Kier alpha value is -2.54. The molecule has 0 saturated carbocycles. The number of methoxy groups -OCH3 is 3. The van der Waals surface area contributed by atoms with Gasteiger partial charge >= 0.3 is 5.97 Å². The lowest BCUT2D eigenvalue weighted by molar-refractivity contribution is 0.0601. The largest absolute Gasteiger partial charge is 0.497 e. The first-order chi connectivity index (χ1) is 13.5. The van der Waals surface area contributed by atoms with E-state index in [0.29, 0.717) is 33.5 Å². The van der Waals surface area contributed by atoms with Crippen LogP contribution in [0.3, 0.4) is 0 Å². The Kier molecular flexibility index (Phi) is 6.24. The summed E-state index contributed by atoms with van der Waals surface area (Å²) in [4.78, 5) is 26.5. The number of anilines is 1. The minimum Gasteiger partial charge on any atom is -0.497 e. The molecule has 0 saturated heterocycles. The molecule has 1 aromatic carbocycles. The SMILES string of the molecule is CCC1CCc2c(sc(NC(=O)c3cc(OC)cc(OC)c3)c2C(=O)OC)C1. The number of thiophene rings is 1. The van der Waals surface area contributed by atoms with Crippen LogP contribution in [0.1, 0.15) is 50.9 Å². The summed E-state index contributed by atoms with van der Waals surface area (Å²) in [5.74, 6) is 0.921. The average Bonchev–Trinajstić information content (AvgIpc) is 3.09. The van der Waals surface area contributed by atoms with E-state index in [-0.39, 0.29) is 5.91 Å². The smallest absolute Gasteiger partial charge is 0.341 e. The highest BCUT2D eigenvalue weighted by atomic mass is 32.1. The molecule has 0 fully saturated rings. The third-order valence-corrected chi connectivity index (χ3v) is 6.34. The molecule has 0 radical (unpaired) electrons. The van der Waals surface area contributed by atoms with Gasteiger partial charge in [0.15, 0.2) is 0 Å². The standard InChI is InChI=1S/C21H25NO5S/c1-5-12-6-7-16-17(8-12)28-20(18(16)21(24)27-4)22-19(23)13-9-14(25-2)11-15(10-13)26-3/h9-12H,5-8H2,1-4H3,(H,22,23). The molecule has 7 heteroatoms. The first-order valence-corrected chi connectivity index (χ1v) is 10.1. The molecule has 3 rings (SSSR count). The van der Waals surface area contributed by atoms with Crippen molar-refractivity contribution in [3.8, 4) is 11.5 Å². The number of nitrogens with one attached hydrogen (secondary N) is 1. The second kappa shape index (κ2) is 8.65. The van der Waals surface area contributed by atoms with Crippen LogP contribution in [-0.2, 0) is 17.6 Å². The van der Waals surface area contributed by atoms with Gasteiger partial charge in [0.2, 0.25) is 0 Å². The summed E-state index contributed by atoms with van der Waals surface area (Å²) in [7, 11) is 4.43. The fraction of sp³-hybridized carbons (Fsp3) is 0.429. The van der Waals surface area contributed by atoms with E-state index in [9.17, 15) is 9.59 Å². The minimum atomic E-state index is -0.411. The molecule has 1 aliphatic carbocycles. The number of benzene rings is 1. The van der Waals surface area contributed by atoms with Gasteiger partial charge in [0, 0.05) is 16.5 Å².